The number of hydrogen-bond donors (Lipinski definition) is 0. The molecule has 0 radical (unpaired) electrons. The van der Waals surface area contributed by atoms with Crippen LogP contribution in [0.3, 0.4) is 0 Å². The topological polar surface area (TPSA) is 29.5 Å². The van der Waals surface area contributed by atoms with Gasteiger partial charge in [0.05, 0.1) is 13.0 Å². The van der Waals surface area contributed by atoms with Crippen molar-refractivity contribution in [2.45, 2.75) is 33.7 Å². The molecular weight excluding hydrogens is 178 g/mol. The lowest BCUT2D eigenvalue weighted by molar-refractivity contribution is -0.146. The van der Waals surface area contributed by atoms with Crippen LogP contribution in [0, 0.1) is 11.8 Å². The van der Waals surface area contributed by atoms with Crippen molar-refractivity contribution in [2.24, 2.45) is 11.8 Å². The minimum atomic E-state index is -0.131. The first-order valence-electron chi connectivity index (χ1n) is 5.18. The van der Waals surface area contributed by atoms with Gasteiger partial charge in [0, 0.05) is 12.6 Å². The van der Waals surface area contributed by atoms with E-state index in [2.05, 4.69) is 25.7 Å². The molecule has 84 valence electrons. The van der Waals surface area contributed by atoms with Gasteiger partial charge >= 0.3 is 5.97 Å². The van der Waals surface area contributed by atoms with Gasteiger partial charge in [-0.1, -0.05) is 20.8 Å². The Morgan fingerprint density at radius 3 is 2.14 bits per heavy atom. The summed E-state index contributed by atoms with van der Waals surface area (Å²) in [7, 11) is 3.48. The lowest BCUT2D eigenvalue weighted by atomic mass is 10.0. The molecule has 0 aromatic carbocycles. The van der Waals surface area contributed by atoms with Crippen molar-refractivity contribution in [1.29, 1.82) is 0 Å². The number of methoxy groups -OCH3 is 1. The molecule has 0 aliphatic carbocycles. The Balaban J connectivity index is 4.16. The van der Waals surface area contributed by atoms with E-state index >= 15 is 0 Å². The number of hydrogen-bond acceptors (Lipinski definition) is 3. The molecule has 0 N–H and O–H groups in total. The van der Waals surface area contributed by atoms with Crippen LogP contribution in [0.5, 0.6) is 0 Å². The number of ether oxygens (including phenoxy) is 1. The van der Waals surface area contributed by atoms with Crippen LogP contribution in [-0.4, -0.2) is 37.6 Å². The normalized spacial score (nSPS) is 15.7. The van der Waals surface area contributed by atoms with Crippen molar-refractivity contribution in [2.75, 3.05) is 20.7 Å². The Kier molecular flexibility index (Phi) is 5.77. The Morgan fingerprint density at radius 2 is 1.79 bits per heavy atom. The molecule has 0 saturated carbocycles. The molecule has 0 spiro atoms. The third kappa shape index (κ3) is 4.09. The summed E-state index contributed by atoms with van der Waals surface area (Å²) in [5.74, 6) is 0.421. The van der Waals surface area contributed by atoms with Gasteiger partial charge in [-0.05, 0) is 19.9 Å². The van der Waals surface area contributed by atoms with Crippen LogP contribution < -0.4 is 0 Å². The minimum absolute atomic E-state index is 0.0660. The zero-order valence-electron chi connectivity index (χ0n) is 10.2. The maximum atomic E-state index is 11.3. The lowest BCUT2D eigenvalue weighted by Crippen LogP contribution is -2.40. The van der Waals surface area contributed by atoms with E-state index in [1.165, 1.54) is 7.11 Å². The van der Waals surface area contributed by atoms with Gasteiger partial charge < -0.3 is 9.64 Å². The smallest absolute Gasteiger partial charge is 0.309 e. The average Bonchev–Trinajstić information content (AvgIpc) is 2.13. The van der Waals surface area contributed by atoms with Gasteiger partial charge in [-0.2, -0.15) is 0 Å². The maximum absolute atomic E-state index is 11.3. The average molecular weight is 201 g/mol. The first kappa shape index (κ1) is 13.4. The van der Waals surface area contributed by atoms with E-state index in [0.717, 1.165) is 6.54 Å². The first-order valence-corrected chi connectivity index (χ1v) is 5.18. The van der Waals surface area contributed by atoms with Gasteiger partial charge in [0.2, 0.25) is 0 Å². The molecule has 2 unspecified atom stereocenters. The minimum Gasteiger partial charge on any atom is -0.469 e. The van der Waals surface area contributed by atoms with Crippen molar-refractivity contribution in [3.8, 4) is 0 Å². The molecule has 0 fully saturated rings. The summed E-state index contributed by atoms with van der Waals surface area (Å²) in [6, 6.07) is 0.227. The molecule has 0 heterocycles. The Hall–Kier alpha value is -0.570. The molecule has 0 aliphatic rings. The van der Waals surface area contributed by atoms with Crippen molar-refractivity contribution >= 4 is 5.97 Å². The highest BCUT2D eigenvalue weighted by molar-refractivity contribution is 5.72. The molecule has 0 aliphatic heterocycles. The fourth-order valence-electron chi connectivity index (χ4n) is 1.51. The van der Waals surface area contributed by atoms with E-state index in [-0.39, 0.29) is 17.9 Å². The maximum Gasteiger partial charge on any atom is 0.309 e. The molecule has 0 aromatic heterocycles. The van der Waals surface area contributed by atoms with E-state index in [1.807, 2.05) is 14.0 Å². The summed E-state index contributed by atoms with van der Waals surface area (Å²) in [4.78, 5) is 13.5. The van der Waals surface area contributed by atoms with Crippen LogP contribution in [0.1, 0.15) is 27.7 Å². The quantitative estimate of drug-likeness (QED) is 0.635. The highest BCUT2D eigenvalue weighted by Crippen LogP contribution is 2.12. The van der Waals surface area contributed by atoms with Gasteiger partial charge in [0.15, 0.2) is 0 Å². The number of nitrogens with zero attached hydrogens (tertiary/aromatic N) is 1. The summed E-state index contributed by atoms with van der Waals surface area (Å²) in [6.45, 7) is 9.32. The molecule has 0 rings (SSSR count). The van der Waals surface area contributed by atoms with E-state index in [1.54, 1.807) is 0 Å². The Labute approximate surface area is 87.4 Å². The second-order valence-corrected chi connectivity index (χ2v) is 4.39. The van der Waals surface area contributed by atoms with Gasteiger partial charge in [-0.15, -0.1) is 0 Å². The summed E-state index contributed by atoms with van der Waals surface area (Å²) in [6.07, 6.45) is 0. The van der Waals surface area contributed by atoms with Crippen molar-refractivity contribution in [1.82, 2.24) is 4.90 Å². The summed E-state index contributed by atoms with van der Waals surface area (Å²) < 4.78 is 4.72. The zero-order valence-corrected chi connectivity index (χ0v) is 10.2. The summed E-state index contributed by atoms with van der Waals surface area (Å²) in [5.41, 5.74) is 0. The van der Waals surface area contributed by atoms with Crippen molar-refractivity contribution in [3.63, 3.8) is 0 Å². The highest BCUT2D eigenvalue weighted by atomic mass is 16.5. The Morgan fingerprint density at radius 1 is 1.29 bits per heavy atom. The third-order valence-electron chi connectivity index (χ3n) is 2.64. The molecule has 0 aromatic rings. The van der Waals surface area contributed by atoms with Gasteiger partial charge in [0.1, 0.15) is 0 Å². The van der Waals surface area contributed by atoms with Crippen molar-refractivity contribution < 1.29 is 9.53 Å². The van der Waals surface area contributed by atoms with E-state index < -0.39 is 0 Å². The number of rotatable bonds is 5. The third-order valence-corrected chi connectivity index (χ3v) is 2.64. The molecule has 0 saturated heterocycles. The van der Waals surface area contributed by atoms with Crippen LogP contribution in [0.15, 0.2) is 0 Å². The molecule has 3 heteroatoms. The molecule has 3 nitrogen and oxygen atoms in total. The van der Waals surface area contributed by atoms with E-state index in [4.69, 9.17) is 4.74 Å². The largest absolute Gasteiger partial charge is 0.469 e. The van der Waals surface area contributed by atoms with Gasteiger partial charge in [-0.3, -0.25) is 4.79 Å². The van der Waals surface area contributed by atoms with Crippen LogP contribution in [0.2, 0.25) is 0 Å². The second-order valence-electron chi connectivity index (χ2n) is 4.39. The molecule has 0 amide bonds. The monoisotopic (exact) mass is 201 g/mol. The standard InChI is InChI=1S/C11H23NO2/c1-8(2)7-12(5)10(4)9(3)11(13)14-6/h8-10H,7H2,1-6H3. The molecular formula is C11H23NO2. The fraction of sp³-hybridized carbons (Fsp3) is 0.909. The number of carbonyl (C=O) groups excluding carboxylic acids is 1. The number of esters is 1. The SMILES string of the molecule is COC(=O)C(C)C(C)N(C)CC(C)C. The zero-order chi connectivity index (χ0) is 11.3. The van der Waals surface area contributed by atoms with Gasteiger partial charge in [0.25, 0.3) is 0 Å². The van der Waals surface area contributed by atoms with Gasteiger partial charge in [-0.25, -0.2) is 0 Å². The first-order chi connectivity index (χ1) is 6.40. The number of carbonyl (C=O) groups is 1. The molecule has 2 atom stereocenters. The Bertz CT molecular complexity index is 180. The van der Waals surface area contributed by atoms with Crippen LogP contribution in [0.25, 0.3) is 0 Å². The van der Waals surface area contributed by atoms with Crippen LogP contribution in [0.4, 0.5) is 0 Å². The molecule has 14 heavy (non-hydrogen) atoms. The van der Waals surface area contributed by atoms with Crippen LogP contribution in [-0.2, 0) is 9.53 Å². The van der Waals surface area contributed by atoms with E-state index in [0.29, 0.717) is 5.92 Å². The lowest BCUT2D eigenvalue weighted by Gasteiger charge is -2.29. The molecule has 0 bridgehead atoms. The highest BCUT2D eigenvalue weighted by Gasteiger charge is 2.24. The van der Waals surface area contributed by atoms with Crippen molar-refractivity contribution in [3.05, 3.63) is 0 Å². The predicted molar refractivity (Wildman–Crippen MR) is 58.1 cm³/mol. The second kappa shape index (κ2) is 6.02. The predicted octanol–water partition coefficient (Wildman–Crippen LogP) is 1.77. The summed E-state index contributed by atoms with van der Waals surface area (Å²) in [5, 5.41) is 0. The van der Waals surface area contributed by atoms with E-state index in [9.17, 15) is 4.79 Å². The van der Waals surface area contributed by atoms with Crippen LogP contribution >= 0.6 is 0 Å². The summed E-state index contributed by atoms with van der Waals surface area (Å²) >= 11 is 0. The fourth-order valence-corrected chi connectivity index (χ4v) is 1.51.